The Kier molecular flexibility index (Phi) is 7.30. The minimum Gasteiger partial charge on any atom is -0.496 e. The third-order valence-corrected chi connectivity index (χ3v) is 6.13. The van der Waals surface area contributed by atoms with E-state index < -0.39 is 10.0 Å². The molecule has 0 bridgehead atoms. The van der Waals surface area contributed by atoms with E-state index in [2.05, 4.69) is 4.72 Å². The standard InChI is InChI=1S/C21H26N2O6S/c1-3-29-19-7-5-4-6-16(19)15-22-30(25,26)17-8-9-20(27-2)18(14-17)21(24)23-10-12-28-13-11-23/h4-9,14,22H,3,10-13,15H2,1-2H3. The topological polar surface area (TPSA) is 94.2 Å². The van der Waals surface area contributed by atoms with Crippen LogP contribution in [0.5, 0.6) is 11.5 Å². The number of para-hydroxylation sites is 1. The largest absolute Gasteiger partial charge is 0.496 e. The lowest BCUT2D eigenvalue weighted by Gasteiger charge is -2.27. The van der Waals surface area contributed by atoms with E-state index in [1.807, 2.05) is 19.1 Å². The monoisotopic (exact) mass is 434 g/mol. The van der Waals surface area contributed by atoms with Crippen LogP contribution in [0.25, 0.3) is 0 Å². The van der Waals surface area contributed by atoms with Crippen LogP contribution in [0.4, 0.5) is 0 Å². The number of amides is 1. The Labute approximate surface area is 176 Å². The van der Waals surface area contributed by atoms with Crippen molar-refractivity contribution in [3.05, 3.63) is 53.6 Å². The molecule has 9 heteroatoms. The average Bonchev–Trinajstić information content (AvgIpc) is 2.78. The fourth-order valence-corrected chi connectivity index (χ4v) is 4.19. The van der Waals surface area contributed by atoms with Gasteiger partial charge >= 0.3 is 0 Å². The van der Waals surface area contributed by atoms with Crippen LogP contribution in [0.1, 0.15) is 22.8 Å². The molecule has 8 nitrogen and oxygen atoms in total. The second kappa shape index (κ2) is 9.92. The highest BCUT2D eigenvalue weighted by atomic mass is 32.2. The fourth-order valence-electron chi connectivity index (χ4n) is 3.16. The summed E-state index contributed by atoms with van der Waals surface area (Å²) in [5, 5.41) is 0. The molecule has 2 aromatic carbocycles. The van der Waals surface area contributed by atoms with Crippen LogP contribution < -0.4 is 14.2 Å². The quantitative estimate of drug-likeness (QED) is 0.683. The molecule has 30 heavy (non-hydrogen) atoms. The highest BCUT2D eigenvalue weighted by molar-refractivity contribution is 7.89. The first-order valence-electron chi connectivity index (χ1n) is 9.71. The Bertz CT molecular complexity index is 987. The summed E-state index contributed by atoms with van der Waals surface area (Å²) in [6.07, 6.45) is 0. The molecule has 162 valence electrons. The lowest BCUT2D eigenvalue weighted by Crippen LogP contribution is -2.40. The van der Waals surface area contributed by atoms with Gasteiger partial charge in [-0.2, -0.15) is 0 Å². The number of carbonyl (C=O) groups excluding carboxylic acids is 1. The molecule has 0 aliphatic carbocycles. The van der Waals surface area contributed by atoms with E-state index in [4.69, 9.17) is 14.2 Å². The van der Waals surface area contributed by atoms with Crippen LogP contribution in [0.2, 0.25) is 0 Å². The van der Waals surface area contributed by atoms with Crippen molar-refractivity contribution < 1.29 is 27.4 Å². The summed E-state index contributed by atoms with van der Waals surface area (Å²) < 4.78 is 44.5. The van der Waals surface area contributed by atoms with Gasteiger partial charge in [-0.05, 0) is 31.2 Å². The van der Waals surface area contributed by atoms with Gasteiger partial charge in [-0.25, -0.2) is 13.1 Å². The number of benzene rings is 2. The number of sulfonamides is 1. The normalized spacial score (nSPS) is 14.4. The number of hydrogen-bond donors (Lipinski definition) is 1. The van der Waals surface area contributed by atoms with Crippen molar-refractivity contribution in [2.75, 3.05) is 40.0 Å². The van der Waals surface area contributed by atoms with Crippen molar-refractivity contribution in [1.82, 2.24) is 9.62 Å². The fraction of sp³-hybridized carbons (Fsp3) is 0.381. The van der Waals surface area contributed by atoms with Gasteiger partial charge < -0.3 is 19.1 Å². The minimum absolute atomic E-state index is 0.00574. The van der Waals surface area contributed by atoms with E-state index in [-0.39, 0.29) is 22.9 Å². The highest BCUT2D eigenvalue weighted by Gasteiger charge is 2.24. The number of hydrogen-bond acceptors (Lipinski definition) is 6. The zero-order valence-corrected chi connectivity index (χ0v) is 17.9. The molecular formula is C21H26N2O6S. The Morgan fingerprint density at radius 3 is 2.57 bits per heavy atom. The number of carbonyl (C=O) groups is 1. The number of rotatable bonds is 8. The van der Waals surface area contributed by atoms with E-state index in [9.17, 15) is 13.2 Å². The first-order valence-corrected chi connectivity index (χ1v) is 11.2. The van der Waals surface area contributed by atoms with E-state index in [0.29, 0.717) is 44.4 Å². The van der Waals surface area contributed by atoms with Gasteiger partial charge in [0.2, 0.25) is 10.0 Å². The van der Waals surface area contributed by atoms with Gasteiger partial charge in [-0.1, -0.05) is 18.2 Å². The van der Waals surface area contributed by atoms with Crippen molar-refractivity contribution >= 4 is 15.9 Å². The van der Waals surface area contributed by atoms with E-state index in [0.717, 1.165) is 5.56 Å². The van der Waals surface area contributed by atoms with Crippen molar-refractivity contribution in [2.24, 2.45) is 0 Å². The van der Waals surface area contributed by atoms with Crippen LogP contribution >= 0.6 is 0 Å². The van der Waals surface area contributed by atoms with Crippen LogP contribution in [0.3, 0.4) is 0 Å². The summed E-state index contributed by atoms with van der Waals surface area (Å²) in [4.78, 5) is 14.5. The molecule has 1 saturated heterocycles. The second-order valence-corrected chi connectivity index (χ2v) is 8.40. The SMILES string of the molecule is CCOc1ccccc1CNS(=O)(=O)c1ccc(OC)c(C(=O)N2CCOCC2)c1. The van der Waals surface area contributed by atoms with Gasteiger partial charge in [-0.3, -0.25) is 4.79 Å². The summed E-state index contributed by atoms with van der Waals surface area (Å²) in [7, 11) is -2.41. The van der Waals surface area contributed by atoms with Gasteiger partial charge in [0.05, 0.1) is 37.4 Å². The van der Waals surface area contributed by atoms with E-state index in [1.165, 1.54) is 25.3 Å². The molecule has 0 radical (unpaired) electrons. The maximum Gasteiger partial charge on any atom is 0.257 e. The van der Waals surface area contributed by atoms with Crippen LogP contribution in [0, 0.1) is 0 Å². The van der Waals surface area contributed by atoms with Crippen molar-refractivity contribution in [2.45, 2.75) is 18.4 Å². The molecule has 0 atom stereocenters. The first-order chi connectivity index (χ1) is 14.5. The van der Waals surface area contributed by atoms with Gasteiger partial charge in [0, 0.05) is 25.2 Å². The summed E-state index contributed by atoms with van der Waals surface area (Å²) in [6.45, 7) is 4.22. The molecule has 2 aromatic rings. The molecular weight excluding hydrogens is 408 g/mol. The highest BCUT2D eigenvalue weighted by Crippen LogP contribution is 2.25. The van der Waals surface area contributed by atoms with Gasteiger partial charge in [0.15, 0.2) is 0 Å². The molecule has 3 rings (SSSR count). The van der Waals surface area contributed by atoms with Crippen molar-refractivity contribution in [1.29, 1.82) is 0 Å². The molecule has 0 saturated carbocycles. The zero-order valence-electron chi connectivity index (χ0n) is 17.1. The van der Waals surface area contributed by atoms with Gasteiger partial charge in [0.25, 0.3) is 5.91 Å². The Hall–Kier alpha value is -2.62. The molecule has 0 aromatic heterocycles. The van der Waals surface area contributed by atoms with Crippen LogP contribution in [-0.4, -0.2) is 59.2 Å². The third-order valence-electron chi connectivity index (χ3n) is 4.74. The van der Waals surface area contributed by atoms with E-state index >= 15 is 0 Å². The summed E-state index contributed by atoms with van der Waals surface area (Å²) >= 11 is 0. The maximum absolute atomic E-state index is 12.9. The van der Waals surface area contributed by atoms with Gasteiger partial charge in [-0.15, -0.1) is 0 Å². The summed E-state index contributed by atoms with van der Waals surface area (Å²) in [6, 6.07) is 11.5. The molecule has 1 amide bonds. The Morgan fingerprint density at radius 1 is 1.13 bits per heavy atom. The summed E-state index contributed by atoms with van der Waals surface area (Å²) in [5.74, 6) is 0.668. The average molecular weight is 435 g/mol. The lowest BCUT2D eigenvalue weighted by atomic mass is 10.1. The van der Waals surface area contributed by atoms with Crippen LogP contribution in [0.15, 0.2) is 47.4 Å². The molecule has 1 fully saturated rings. The van der Waals surface area contributed by atoms with Crippen LogP contribution in [-0.2, 0) is 21.3 Å². The third kappa shape index (κ3) is 5.10. The van der Waals surface area contributed by atoms with Gasteiger partial charge in [0.1, 0.15) is 11.5 Å². The number of nitrogens with zero attached hydrogens (tertiary/aromatic N) is 1. The molecule has 1 aliphatic heterocycles. The molecule has 1 heterocycles. The molecule has 0 unspecified atom stereocenters. The predicted octanol–water partition coefficient (Wildman–Crippen LogP) is 2.04. The number of morpholine rings is 1. The maximum atomic E-state index is 12.9. The van der Waals surface area contributed by atoms with Crippen molar-refractivity contribution in [3.8, 4) is 11.5 Å². The molecule has 1 aliphatic rings. The smallest absolute Gasteiger partial charge is 0.257 e. The molecule has 0 spiro atoms. The first kappa shape index (κ1) is 22.1. The van der Waals surface area contributed by atoms with Crippen molar-refractivity contribution in [3.63, 3.8) is 0 Å². The number of nitrogens with one attached hydrogen (secondary N) is 1. The summed E-state index contributed by atoms with van der Waals surface area (Å²) in [5.41, 5.74) is 0.929. The van der Waals surface area contributed by atoms with E-state index in [1.54, 1.807) is 17.0 Å². The molecule has 1 N–H and O–H groups in total. The zero-order chi connectivity index (χ0) is 21.6. The Balaban J connectivity index is 1.83. The lowest BCUT2D eigenvalue weighted by molar-refractivity contribution is 0.0300. The minimum atomic E-state index is -3.86. The number of ether oxygens (including phenoxy) is 3. The number of methoxy groups -OCH3 is 1. The predicted molar refractivity (Wildman–Crippen MR) is 111 cm³/mol. The second-order valence-electron chi connectivity index (χ2n) is 6.63. The Morgan fingerprint density at radius 2 is 1.87 bits per heavy atom.